The Bertz CT molecular complexity index is 1420. The number of aliphatic hydroxyl groups is 1. The number of nitrogens with two attached hydrogens (primary N) is 1. The fourth-order valence-electron chi connectivity index (χ4n) is 4.86. The Hall–Kier alpha value is -2.45. The molecule has 5 rings (SSSR count). The van der Waals surface area contributed by atoms with Gasteiger partial charge in [-0.1, -0.05) is 23.7 Å². The van der Waals surface area contributed by atoms with Gasteiger partial charge in [-0.2, -0.15) is 8.42 Å². The van der Waals surface area contributed by atoms with Gasteiger partial charge in [0.2, 0.25) is 5.78 Å². The van der Waals surface area contributed by atoms with Gasteiger partial charge in [0.05, 0.1) is 29.8 Å². The van der Waals surface area contributed by atoms with Gasteiger partial charge in [0, 0.05) is 23.2 Å². The van der Waals surface area contributed by atoms with E-state index in [1.807, 2.05) is 29.6 Å². The maximum Gasteiger partial charge on any atom is 0.333 e. The van der Waals surface area contributed by atoms with Crippen LogP contribution in [0.2, 0.25) is 5.02 Å². The van der Waals surface area contributed by atoms with Crippen molar-refractivity contribution < 1.29 is 27.2 Å². The number of benzene rings is 1. The van der Waals surface area contributed by atoms with Crippen molar-refractivity contribution in [3.63, 3.8) is 0 Å². The largest absolute Gasteiger partial charge is 0.393 e. The summed E-state index contributed by atoms with van der Waals surface area (Å²) in [5.41, 5.74) is 3.23. The molecule has 1 saturated carbocycles. The number of carbonyl (C=O) groups is 1. The maximum atomic E-state index is 13.5. The van der Waals surface area contributed by atoms with Gasteiger partial charge in [-0.05, 0) is 53.5 Å². The normalized spacial score (nSPS) is 23.5. The maximum absolute atomic E-state index is 13.5. The van der Waals surface area contributed by atoms with E-state index in [-0.39, 0.29) is 24.5 Å². The van der Waals surface area contributed by atoms with Gasteiger partial charge in [0.15, 0.2) is 0 Å². The third-order valence-corrected chi connectivity index (χ3v) is 8.39. The van der Waals surface area contributed by atoms with Crippen LogP contribution in [0.5, 0.6) is 0 Å². The first kappa shape index (κ1) is 26.2. The summed E-state index contributed by atoms with van der Waals surface area (Å²) in [4.78, 5) is 22.3. The summed E-state index contributed by atoms with van der Waals surface area (Å²) in [6.45, 7) is 0.320. The molecule has 196 valence electrons. The van der Waals surface area contributed by atoms with Crippen molar-refractivity contribution in [3.05, 3.63) is 74.3 Å². The molecule has 1 fully saturated rings. The summed E-state index contributed by atoms with van der Waals surface area (Å²) < 4.78 is 32.9. The minimum atomic E-state index is -4.10. The second-order valence-corrected chi connectivity index (χ2v) is 11.6. The molecule has 3 heterocycles. The van der Waals surface area contributed by atoms with Crippen LogP contribution < -0.4 is 10.5 Å². The second kappa shape index (κ2) is 10.7. The molecular weight excluding hydrogens is 540 g/mol. The van der Waals surface area contributed by atoms with E-state index in [2.05, 4.69) is 19.5 Å². The van der Waals surface area contributed by atoms with Crippen molar-refractivity contribution in [2.75, 3.05) is 18.5 Å². The highest BCUT2D eigenvalue weighted by Gasteiger charge is 2.35. The van der Waals surface area contributed by atoms with Crippen molar-refractivity contribution in [1.29, 1.82) is 0 Å². The lowest BCUT2D eigenvalue weighted by atomic mass is 9.94. The van der Waals surface area contributed by atoms with E-state index in [0.717, 1.165) is 23.1 Å². The zero-order chi connectivity index (χ0) is 26.2. The Kier molecular flexibility index (Phi) is 7.59. The van der Waals surface area contributed by atoms with E-state index < -0.39 is 22.3 Å². The number of aromatic nitrogens is 2. The van der Waals surface area contributed by atoms with Crippen LogP contribution in [-0.2, 0) is 25.6 Å². The van der Waals surface area contributed by atoms with E-state index in [9.17, 15) is 18.3 Å². The smallest absolute Gasteiger partial charge is 0.333 e. The van der Waals surface area contributed by atoms with Crippen LogP contribution >= 0.6 is 22.9 Å². The molecule has 4 N–H and O–H groups in total. The molecule has 0 radical (unpaired) electrons. The Labute approximate surface area is 223 Å². The average Bonchev–Trinajstić information content (AvgIpc) is 3.49. The molecule has 1 aliphatic heterocycles. The number of nitrogens with zero attached hydrogens (tertiary/aromatic N) is 2. The standard InChI is InChI=1S/C24H25ClN4O6S2/c25-19-3-1-2-17-16(19)4-5-34-23(17)14-7-21(36-11-14)22(31)18-9-27-12-28-24(18)29-15-6-13(20(30)8-15)10-35-37(26,32)33/h1-3,7,9,11-13,15,20,23,30H,4-6,8,10H2,(H2,26,32,33)(H,27,28,29)/t13-,15-,20+,23+/m1/s1. The molecule has 0 bridgehead atoms. The quantitative estimate of drug-likeness (QED) is 0.350. The molecule has 0 amide bonds. The summed E-state index contributed by atoms with van der Waals surface area (Å²) in [6.07, 6.45) is 3.19. The third-order valence-electron chi connectivity index (χ3n) is 6.62. The van der Waals surface area contributed by atoms with Crippen LogP contribution in [0.4, 0.5) is 5.82 Å². The van der Waals surface area contributed by atoms with E-state index >= 15 is 0 Å². The highest BCUT2D eigenvalue weighted by molar-refractivity contribution is 7.84. The van der Waals surface area contributed by atoms with Gasteiger partial charge in [0.25, 0.3) is 0 Å². The van der Waals surface area contributed by atoms with Crippen molar-refractivity contribution >= 4 is 44.8 Å². The molecule has 10 nitrogen and oxygen atoms in total. The number of ketones is 1. The monoisotopic (exact) mass is 564 g/mol. The molecule has 4 atom stereocenters. The number of aliphatic hydroxyl groups excluding tert-OH is 1. The lowest BCUT2D eigenvalue weighted by molar-refractivity contribution is 0.0701. The van der Waals surface area contributed by atoms with Crippen LogP contribution in [0.1, 0.15) is 50.9 Å². The van der Waals surface area contributed by atoms with E-state index in [0.29, 0.717) is 40.7 Å². The molecule has 2 aliphatic rings. The number of hydrogen-bond donors (Lipinski definition) is 3. The Morgan fingerprint density at radius 1 is 1.35 bits per heavy atom. The third kappa shape index (κ3) is 5.85. The molecule has 2 aromatic heterocycles. The van der Waals surface area contributed by atoms with E-state index in [1.165, 1.54) is 23.9 Å². The number of fused-ring (bicyclic) bond motifs is 1. The summed E-state index contributed by atoms with van der Waals surface area (Å²) in [5.74, 6) is -0.330. The van der Waals surface area contributed by atoms with Crippen molar-refractivity contribution in [3.8, 4) is 0 Å². The number of thiophene rings is 1. The van der Waals surface area contributed by atoms with E-state index in [1.54, 1.807) is 0 Å². The zero-order valence-electron chi connectivity index (χ0n) is 19.5. The number of carbonyl (C=O) groups excluding carboxylic acids is 1. The fraction of sp³-hybridized carbons (Fsp3) is 0.375. The van der Waals surface area contributed by atoms with Gasteiger partial charge in [-0.15, -0.1) is 11.3 Å². The SMILES string of the molecule is NS(=O)(=O)OC[C@H]1C[C@@H](Nc2ncncc2C(=O)c2cc([C@@H]3OCCc4c(Cl)cccc43)cs2)C[C@@H]1O. The fourth-order valence-corrected chi connectivity index (χ4v) is 6.37. The van der Waals surface area contributed by atoms with Gasteiger partial charge < -0.3 is 15.2 Å². The summed E-state index contributed by atoms with van der Waals surface area (Å²) in [7, 11) is -4.10. The summed E-state index contributed by atoms with van der Waals surface area (Å²) in [6, 6.07) is 7.33. The number of halogens is 1. The Morgan fingerprint density at radius 3 is 3.00 bits per heavy atom. The van der Waals surface area contributed by atoms with Gasteiger partial charge in [-0.25, -0.2) is 15.1 Å². The molecular formula is C24H25ClN4O6S2. The molecule has 13 heteroatoms. The number of rotatable bonds is 8. The number of anilines is 1. The van der Waals surface area contributed by atoms with Crippen LogP contribution in [-0.4, -0.2) is 54.6 Å². The van der Waals surface area contributed by atoms with Gasteiger partial charge >= 0.3 is 10.3 Å². The lowest BCUT2D eigenvalue weighted by Gasteiger charge is -2.26. The summed E-state index contributed by atoms with van der Waals surface area (Å²) >= 11 is 7.71. The highest BCUT2D eigenvalue weighted by atomic mass is 35.5. The first-order chi connectivity index (χ1) is 17.7. The van der Waals surface area contributed by atoms with Crippen LogP contribution in [0.3, 0.4) is 0 Å². The molecule has 1 aliphatic carbocycles. The minimum Gasteiger partial charge on any atom is -0.393 e. The predicted octanol–water partition coefficient (Wildman–Crippen LogP) is 2.86. The molecule has 37 heavy (non-hydrogen) atoms. The van der Waals surface area contributed by atoms with Crippen LogP contribution in [0.15, 0.2) is 42.2 Å². The molecule has 0 saturated heterocycles. The first-order valence-electron chi connectivity index (χ1n) is 11.6. The molecule has 1 aromatic carbocycles. The second-order valence-electron chi connectivity index (χ2n) is 9.08. The topological polar surface area (TPSA) is 154 Å². The minimum absolute atomic E-state index is 0.219. The van der Waals surface area contributed by atoms with Crippen molar-refractivity contribution in [2.24, 2.45) is 11.1 Å². The number of hydrogen-bond acceptors (Lipinski definition) is 10. The Morgan fingerprint density at radius 2 is 2.19 bits per heavy atom. The predicted molar refractivity (Wildman–Crippen MR) is 138 cm³/mol. The highest BCUT2D eigenvalue weighted by Crippen LogP contribution is 2.38. The lowest BCUT2D eigenvalue weighted by Crippen LogP contribution is -2.24. The molecule has 0 unspecified atom stereocenters. The number of ether oxygens (including phenoxy) is 1. The summed E-state index contributed by atoms with van der Waals surface area (Å²) in [5, 5.41) is 21.0. The average molecular weight is 565 g/mol. The van der Waals surface area contributed by atoms with Crippen LogP contribution in [0.25, 0.3) is 0 Å². The van der Waals surface area contributed by atoms with Crippen molar-refractivity contribution in [1.82, 2.24) is 9.97 Å². The van der Waals surface area contributed by atoms with Crippen molar-refractivity contribution in [2.45, 2.75) is 37.5 Å². The first-order valence-corrected chi connectivity index (χ1v) is 14.4. The van der Waals surface area contributed by atoms with Crippen LogP contribution in [0, 0.1) is 5.92 Å². The molecule has 0 spiro atoms. The van der Waals surface area contributed by atoms with Gasteiger partial charge in [-0.3, -0.25) is 8.98 Å². The molecule has 3 aromatic rings. The zero-order valence-corrected chi connectivity index (χ0v) is 21.9. The number of nitrogens with one attached hydrogen (secondary N) is 1. The van der Waals surface area contributed by atoms with Gasteiger partial charge in [0.1, 0.15) is 18.2 Å². The Balaban J connectivity index is 1.32. The van der Waals surface area contributed by atoms with E-state index in [4.69, 9.17) is 21.5 Å².